The second kappa shape index (κ2) is 5.13. The van der Waals surface area contributed by atoms with E-state index in [1.165, 1.54) is 6.26 Å². The van der Waals surface area contributed by atoms with Crippen LogP contribution in [-0.2, 0) is 24.8 Å². The van der Waals surface area contributed by atoms with Crippen LogP contribution in [-0.4, -0.2) is 40.1 Å². The Kier molecular flexibility index (Phi) is 3.31. The highest BCUT2D eigenvalue weighted by Crippen LogP contribution is 2.24. The third-order valence-corrected chi connectivity index (χ3v) is 3.69. The first-order valence-electron chi connectivity index (χ1n) is 6.53. The summed E-state index contributed by atoms with van der Waals surface area (Å²) in [5, 5.41) is 0. The number of carbonyl (C=O) groups is 1. The molecule has 0 bridgehead atoms. The summed E-state index contributed by atoms with van der Waals surface area (Å²) in [5.41, 5.74) is 2.11. The summed E-state index contributed by atoms with van der Waals surface area (Å²) in [5.74, 6) is 0.235. The fraction of sp³-hybridized carbons (Fsp3) is 0.429. The van der Waals surface area contributed by atoms with E-state index < -0.39 is 0 Å². The molecule has 1 amide bonds. The molecule has 20 heavy (non-hydrogen) atoms. The maximum absolute atomic E-state index is 12.5. The number of methoxy groups -OCH3 is 1. The van der Waals surface area contributed by atoms with E-state index in [0.29, 0.717) is 18.9 Å². The molecule has 0 saturated heterocycles. The summed E-state index contributed by atoms with van der Waals surface area (Å²) >= 11 is 0. The molecule has 6 heteroatoms. The van der Waals surface area contributed by atoms with E-state index in [-0.39, 0.29) is 11.9 Å². The number of imidazole rings is 1. The number of aromatic nitrogens is 2. The van der Waals surface area contributed by atoms with E-state index in [1.54, 1.807) is 30.5 Å². The van der Waals surface area contributed by atoms with Crippen molar-refractivity contribution >= 4 is 5.91 Å². The topological polar surface area (TPSA) is 60.5 Å². The van der Waals surface area contributed by atoms with Gasteiger partial charge in [0.05, 0.1) is 37.5 Å². The van der Waals surface area contributed by atoms with Crippen molar-refractivity contribution in [1.82, 2.24) is 14.5 Å². The Hall–Kier alpha value is -2.08. The summed E-state index contributed by atoms with van der Waals surface area (Å²) in [6.07, 6.45) is 4.04. The Balaban J connectivity index is 1.90. The van der Waals surface area contributed by atoms with E-state index in [2.05, 4.69) is 4.98 Å². The van der Waals surface area contributed by atoms with Gasteiger partial charge in [0.2, 0.25) is 0 Å². The van der Waals surface area contributed by atoms with Crippen LogP contribution in [0.3, 0.4) is 0 Å². The molecule has 106 valence electrons. The molecule has 0 radical (unpaired) electrons. The Morgan fingerprint density at radius 3 is 3.15 bits per heavy atom. The maximum Gasteiger partial charge on any atom is 0.290 e. The maximum atomic E-state index is 12.5. The second-order valence-electron chi connectivity index (χ2n) is 4.97. The number of hydrogen-bond acceptors (Lipinski definition) is 4. The second-order valence-corrected chi connectivity index (χ2v) is 4.97. The highest BCUT2D eigenvalue weighted by molar-refractivity contribution is 5.91. The van der Waals surface area contributed by atoms with E-state index in [4.69, 9.17) is 9.15 Å². The van der Waals surface area contributed by atoms with Gasteiger partial charge in [0.1, 0.15) is 0 Å². The lowest BCUT2D eigenvalue weighted by Gasteiger charge is -2.34. The minimum atomic E-state index is -0.117. The first-order chi connectivity index (χ1) is 9.70. The van der Waals surface area contributed by atoms with Crippen molar-refractivity contribution in [3.05, 3.63) is 41.9 Å². The fourth-order valence-corrected chi connectivity index (χ4v) is 2.64. The zero-order valence-electron chi connectivity index (χ0n) is 11.6. The number of fused-ring (bicyclic) bond motifs is 1. The average Bonchev–Trinajstić information content (AvgIpc) is 3.09. The normalized spacial score (nSPS) is 18.1. The number of amides is 1. The lowest BCUT2D eigenvalue weighted by atomic mass is 10.0. The number of carbonyl (C=O) groups excluding carboxylic acids is 1. The summed E-state index contributed by atoms with van der Waals surface area (Å²) in [6, 6.07) is 3.40. The van der Waals surface area contributed by atoms with E-state index in [9.17, 15) is 4.79 Å². The molecule has 1 aliphatic heterocycles. The van der Waals surface area contributed by atoms with Gasteiger partial charge in [-0.25, -0.2) is 4.98 Å². The van der Waals surface area contributed by atoms with Crippen molar-refractivity contribution in [2.24, 2.45) is 7.05 Å². The van der Waals surface area contributed by atoms with Gasteiger partial charge >= 0.3 is 0 Å². The number of rotatable bonds is 3. The van der Waals surface area contributed by atoms with Gasteiger partial charge in [-0.1, -0.05) is 0 Å². The monoisotopic (exact) mass is 275 g/mol. The van der Waals surface area contributed by atoms with Crippen LogP contribution >= 0.6 is 0 Å². The van der Waals surface area contributed by atoms with Crippen LogP contribution in [0.25, 0.3) is 0 Å². The van der Waals surface area contributed by atoms with Crippen LogP contribution in [0, 0.1) is 0 Å². The van der Waals surface area contributed by atoms with Crippen molar-refractivity contribution < 1.29 is 13.9 Å². The van der Waals surface area contributed by atoms with Crippen molar-refractivity contribution in [2.75, 3.05) is 13.7 Å². The van der Waals surface area contributed by atoms with Crippen LogP contribution in [0.15, 0.2) is 29.1 Å². The molecule has 3 rings (SSSR count). The molecular weight excluding hydrogens is 258 g/mol. The highest BCUT2D eigenvalue weighted by Gasteiger charge is 2.33. The van der Waals surface area contributed by atoms with E-state index in [1.807, 2.05) is 11.6 Å². The summed E-state index contributed by atoms with van der Waals surface area (Å²) in [4.78, 5) is 18.6. The van der Waals surface area contributed by atoms with E-state index in [0.717, 1.165) is 17.8 Å². The van der Waals surface area contributed by atoms with Gasteiger partial charge in [-0.05, 0) is 12.1 Å². The summed E-state index contributed by atoms with van der Waals surface area (Å²) < 4.78 is 12.5. The van der Waals surface area contributed by atoms with Crippen LogP contribution in [0.2, 0.25) is 0 Å². The number of furan rings is 1. The van der Waals surface area contributed by atoms with Gasteiger partial charge in [0, 0.05) is 26.3 Å². The molecule has 1 aliphatic rings. The molecular formula is C14H17N3O3. The molecule has 3 heterocycles. The third kappa shape index (κ3) is 2.12. The lowest BCUT2D eigenvalue weighted by Crippen LogP contribution is -2.46. The minimum absolute atomic E-state index is 0.000463. The first kappa shape index (κ1) is 12.9. The smallest absolute Gasteiger partial charge is 0.290 e. The number of nitrogens with zero attached hydrogens (tertiary/aromatic N) is 3. The van der Waals surface area contributed by atoms with Crippen molar-refractivity contribution in [2.45, 2.75) is 19.0 Å². The predicted molar refractivity (Wildman–Crippen MR) is 71.2 cm³/mol. The first-order valence-corrected chi connectivity index (χ1v) is 6.53. The lowest BCUT2D eigenvalue weighted by molar-refractivity contribution is 0.0440. The van der Waals surface area contributed by atoms with Gasteiger partial charge in [-0.15, -0.1) is 0 Å². The molecule has 0 saturated carbocycles. The summed E-state index contributed by atoms with van der Waals surface area (Å²) in [7, 11) is 3.62. The predicted octanol–water partition coefficient (Wildman–Crippen LogP) is 1.23. The Morgan fingerprint density at radius 1 is 1.60 bits per heavy atom. The van der Waals surface area contributed by atoms with Crippen molar-refractivity contribution in [1.29, 1.82) is 0 Å². The largest absolute Gasteiger partial charge is 0.459 e. The number of aryl methyl sites for hydroxylation is 1. The zero-order valence-corrected chi connectivity index (χ0v) is 11.6. The van der Waals surface area contributed by atoms with Crippen LogP contribution in [0.5, 0.6) is 0 Å². The van der Waals surface area contributed by atoms with Gasteiger partial charge < -0.3 is 18.6 Å². The number of hydrogen-bond donors (Lipinski definition) is 0. The molecule has 1 atom stereocenters. The van der Waals surface area contributed by atoms with Crippen LogP contribution < -0.4 is 0 Å². The highest BCUT2D eigenvalue weighted by atomic mass is 16.5. The molecule has 0 unspecified atom stereocenters. The molecule has 6 nitrogen and oxygen atoms in total. The van der Waals surface area contributed by atoms with E-state index >= 15 is 0 Å². The van der Waals surface area contributed by atoms with Gasteiger partial charge in [0.25, 0.3) is 5.91 Å². The minimum Gasteiger partial charge on any atom is -0.459 e. The average molecular weight is 275 g/mol. The fourth-order valence-electron chi connectivity index (χ4n) is 2.64. The SMILES string of the molecule is COC[C@@H]1Cc2c(ncn2C)CN1C(=O)c1ccco1. The molecule has 0 N–H and O–H groups in total. The van der Waals surface area contributed by atoms with Gasteiger partial charge in [-0.2, -0.15) is 0 Å². The molecule has 2 aromatic rings. The molecule has 0 aliphatic carbocycles. The van der Waals surface area contributed by atoms with Crippen LogP contribution in [0.4, 0.5) is 0 Å². The Labute approximate surface area is 117 Å². The number of ether oxygens (including phenoxy) is 1. The van der Waals surface area contributed by atoms with Gasteiger partial charge in [0.15, 0.2) is 5.76 Å². The Morgan fingerprint density at radius 2 is 2.45 bits per heavy atom. The quantitative estimate of drug-likeness (QED) is 0.845. The standard InChI is InChI=1S/C14H17N3O3/c1-16-9-15-11-7-17(10(8-19-2)6-12(11)16)14(18)13-4-3-5-20-13/h3-5,9-10H,6-8H2,1-2H3/t10-/m0/s1. The van der Waals surface area contributed by atoms with Crippen molar-refractivity contribution in [3.63, 3.8) is 0 Å². The zero-order chi connectivity index (χ0) is 14.1. The molecule has 0 spiro atoms. The van der Waals surface area contributed by atoms with Gasteiger partial charge in [-0.3, -0.25) is 4.79 Å². The van der Waals surface area contributed by atoms with Crippen molar-refractivity contribution in [3.8, 4) is 0 Å². The molecule has 0 aromatic carbocycles. The molecule has 2 aromatic heterocycles. The summed E-state index contributed by atoms with van der Waals surface area (Å²) in [6.45, 7) is 0.987. The third-order valence-electron chi connectivity index (χ3n) is 3.69. The molecule has 0 fully saturated rings. The Bertz CT molecular complexity index is 603. The van der Waals surface area contributed by atoms with Crippen LogP contribution in [0.1, 0.15) is 21.9 Å².